The van der Waals surface area contributed by atoms with Gasteiger partial charge in [-0.25, -0.2) is 0 Å². The lowest BCUT2D eigenvalue weighted by Crippen LogP contribution is -2.47. The molecule has 0 saturated heterocycles. The number of nitrogens with zero attached hydrogens (tertiary/aromatic N) is 2. The van der Waals surface area contributed by atoms with Crippen molar-refractivity contribution in [3.63, 3.8) is 0 Å². The molecule has 2 heterocycles. The van der Waals surface area contributed by atoms with Crippen LogP contribution in [0.3, 0.4) is 0 Å². The van der Waals surface area contributed by atoms with Crippen LogP contribution in [0.1, 0.15) is 38.8 Å². The average molecular weight is 483 g/mol. The lowest BCUT2D eigenvalue weighted by molar-refractivity contribution is -0.134. The van der Waals surface area contributed by atoms with Gasteiger partial charge in [0, 0.05) is 42.3 Å². The highest BCUT2D eigenvalue weighted by Crippen LogP contribution is 2.37. The summed E-state index contributed by atoms with van der Waals surface area (Å²) in [6, 6.07) is 18.9. The van der Waals surface area contributed by atoms with E-state index in [1.807, 2.05) is 23.1 Å². The smallest absolute Gasteiger partial charge is 0.254 e. The van der Waals surface area contributed by atoms with Gasteiger partial charge in [-0.1, -0.05) is 48.0 Å². The summed E-state index contributed by atoms with van der Waals surface area (Å²) in [5.41, 5.74) is 2.74. The summed E-state index contributed by atoms with van der Waals surface area (Å²) >= 11 is 7.85. The summed E-state index contributed by atoms with van der Waals surface area (Å²) in [7, 11) is 1.63. The number of benzene rings is 2. The van der Waals surface area contributed by atoms with Crippen molar-refractivity contribution >= 4 is 34.8 Å². The molecule has 3 aromatic rings. The fourth-order valence-corrected chi connectivity index (χ4v) is 5.38. The van der Waals surface area contributed by atoms with E-state index in [-0.39, 0.29) is 24.4 Å². The van der Waals surface area contributed by atoms with Crippen molar-refractivity contribution in [1.29, 1.82) is 0 Å². The monoisotopic (exact) mass is 482 g/mol. The fourth-order valence-electron chi connectivity index (χ4n) is 4.29. The number of thiophene rings is 1. The maximum Gasteiger partial charge on any atom is 0.254 e. The molecule has 1 aliphatic rings. The van der Waals surface area contributed by atoms with Gasteiger partial charge in [0.2, 0.25) is 5.91 Å². The molecule has 2 aromatic carbocycles. The molecule has 4 rings (SSSR count). The van der Waals surface area contributed by atoms with Crippen LogP contribution in [0.5, 0.6) is 0 Å². The zero-order chi connectivity index (χ0) is 23.2. The molecule has 1 aromatic heterocycles. The van der Waals surface area contributed by atoms with E-state index in [2.05, 4.69) is 23.6 Å². The van der Waals surface area contributed by atoms with E-state index in [1.54, 1.807) is 47.6 Å². The number of methoxy groups -OCH3 is 1. The second-order valence-corrected chi connectivity index (χ2v) is 9.47. The zero-order valence-corrected chi connectivity index (χ0v) is 20.1. The Bertz CT molecular complexity index is 1100. The van der Waals surface area contributed by atoms with Crippen molar-refractivity contribution < 1.29 is 14.3 Å². The molecule has 0 N–H and O–H groups in total. The second-order valence-electron chi connectivity index (χ2n) is 8.03. The first kappa shape index (κ1) is 23.5. The van der Waals surface area contributed by atoms with Gasteiger partial charge in [0.15, 0.2) is 0 Å². The minimum Gasteiger partial charge on any atom is -0.385 e. The van der Waals surface area contributed by atoms with Crippen LogP contribution in [0, 0.1) is 0 Å². The molecule has 0 fully saturated rings. The van der Waals surface area contributed by atoms with E-state index in [9.17, 15) is 9.59 Å². The normalized spacial score (nSPS) is 15.2. The van der Waals surface area contributed by atoms with E-state index in [4.69, 9.17) is 16.3 Å². The Labute approximate surface area is 203 Å². The third-order valence-corrected chi connectivity index (χ3v) is 7.09. The van der Waals surface area contributed by atoms with Crippen molar-refractivity contribution in [1.82, 2.24) is 9.80 Å². The summed E-state index contributed by atoms with van der Waals surface area (Å²) in [4.78, 5) is 31.8. The highest BCUT2D eigenvalue weighted by molar-refractivity contribution is 7.10. The topological polar surface area (TPSA) is 49.9 Å². The zero-order valence-electron chi connectivity index (χ0n) is 18.6. The number of fused-ring (bicyclic) bond motifs is 1. The molecule has 0 spiro atoms. The average Bonchev–Trinajstić information content (AvgIpc) is 3.32. The standard InChI is InChI=1S/C26H27ClN2O3S/c1-32-15-6-13-28(26(31)20-9-5-10-21(27)17-20)18-24(30)29-14-11-23-22(12-16-33-23)25(29)19-7-3-2-4-8-19/h2-5,7-10,12,16-17,25H,6,11,13-15,18H2,1H3. The van der Waals surface area contributed by atoms with Gasteiger partial charge in [-0.3, -0.25) is 9.59 Å². The van der Waals surface area contributed by atoms with Crippen molar-refractivity contribution in [3.05, 3.63) is 92.6 Å². The second kappa shape index (κ2) is 11.0. The van der Waals surface area contributed by atoms with Gasteiger partial charge in [-0.15, -0.1) is 11.3 Å². The molecule has 33 heavy (non-hydrogen) atoms. The van der Waals surface area contributed by atoms with Crippen LogP contribution in [-0.4, -0.2) is 55.0 Å². The van der Waals surface area contributed by atoms with E-state index in [0.717, 1.165) is 12.0 Å². The summed E-state index contributed by atoms with van der Waals surface area (Å²) in [5, 5.41) is 2.59. The quantitative estimate of drug-likeness (QED) is 0.422. The number of halogens is 1. The molecule has 7 heteroatoms. The molecule has 5 nitrogen and oxygen atoms in total. The SMILES string of the molecule is COCCCN(CC(=O)N1CCc2sccc2C1c1ccccc1)C(=O)c1cccc(Cl)c1. The molecule has 0 bridgehead atoms. The van der Waals surface area contributed by atoms with Gasteiger partial charge in [0.05, 0.1) is 6.04 Å². The van der Waals surface area contributed by atoms with Crippen LogP contribution in [0.2, 0.25) is 5.02 Å². The molecular weight excluding hydrogens is 456 g/mol. The van der Waals surface area contributed by atoms with Crippen molar-refractivity contribution in [3.8, 4) is 0 Å². The predicted molar refractivity (Wildman–Crippen MR) is 132 cm³/mol. The highest BCUT2D eigenvalue weighted by atomic mass is 35.5. The Balaban J connectivity index is 1.59. The fraction of sp³-hybridized carbons (Fsp3) is 0.308. The van der Waals surface area contributed by atoms with Crippen molar-refractivity contribution in [2.45, 2.75) is 18.9 Å². The molecule has 0 radical (unpaired) electrons. The Morgan fingerprint density at radius 2 is 1.97 bits per heavy atom. The molecule has 1 unspecified atom stereocenters. The Kier molecular flexibility index (Phi) is 7.81. The maximum atomic E-state index is 13.6. The first-order chi connectivity index (χ1) is 16.1. The molecule has 0 saturated carbocycles. The van der Waals surface area contributed by atoms with Crippen molar-refractivity contribution in [2.24, 2.45) is 0 Å². The van der Waals surface area contributed by atoms with Crippen molar-refractivity contribution in [2.75, 3.05) is 33.4 Å². The highest BCUT2D eigenvalue weighted by Gasteiger charge is 2.34. The maximum absolute atomic E-state index is 13.6. The number of rotatable bonds is 8. The van der Waals surface area contributed by atoms with E-state index >= 15 is 0 Å². The van der Waals surface area contributed by atoms with Crippen LogP contribution in [0.15, 0.2) is 66.0 Å². The van der Waals surface area contributed by atoms with E-state index < -0.39 is 0 Å². The van der Waals surface area contributed by atoms with Crippen LogP contribution >= 0.6 is 22.9 Å². The first-order valence-corrected chi connectivity index (χ1v) is 12.3. The summed E-state index contributed by atoms with van der Waals surface area (Å²) < 4.78 is 5.17. The summed E-state index contributed by atoms with van der Waals surface area (Å²) in [5.74, 6) is -0.264. The minimum atomic E-state index is -0.202. The van der Waals surface area contributed by atoms with Crippen LogP contribution in [0.25, 0.3) is 0 Å². The number of hydrogen-bond donors (Lipinski definition) is 0. The Morgan fingerprint density at radius 3 is 2.73 bits per heavy atom. The van der Waals surface area contributed by atoms with Gasteiger partial charge in [-0.2, -0.15) is 0 Å². The lowest BCUT2D eigenvalue weighted by Gasteiger charge is -2.37. The first-order valence-electron chi connectivity index (χ1n) is 11.0. The number of ether oxygens (including phenoxy) is 1. The molecule has 172 valence electrons. The Hall–Kier alpha value is -2.67. The van der Waals surface area contributed by atoms with Crippen LogP contribution in [0.4, 0.5) is 0 Å². The predicted octanol–water partition coefficient (Wildman–Crippen LogP) is 5.05. The summed E-state index contributed by atoms with van der Waals surface area (Å²) in [6.45, 7) is 1.58. The third kappa shape index (κ3) is 5.46. The van der Waals surface area contributed by atoms with E-state index in [1.165, 1.54) is 10.4 Å². The third-order valence-electron chi connectivity index (χ3n) is 5.86. The lowest BCUT2D eigenvalue weighted by atomic mass is 9.93. The van der Waals surface area contributed by atoms with Gasteiger partial charge < -0.3 is 14.5 Å². The molecule has 2 amide bonds. The number of amides is 2. The van der Waals surface area contributed by atoms with Gasteiger partial charge in [0.25, 0.3) is 5.91 Å². The molecule has 0 aliphatic carbocycles. The van der Waals surface area contributed by atoms with Crippen LogP contribution < -0.4 is 0 Å². The number of carbonyl (C=O) groups excluding carboxylic acids is 2. The van der Waals surface area contributed by atoms with E-state index in [0.29, 0.717) is 36.7 Å². The van der Waals surface area contributed by atoms with Crippen LogP contribution in [-0.2, 0) is 16.0 Å². The largest absolute Gasteiger partial charge is 0.385 e. The summed E-state index contributed by atoms with van der Waals surface area (Å²) in [6.07, 6.45) is 1.47. The van der Waals surface area contributed by atoms with Gasteiger partial charge in [-0.05, 0) is 53.6 Å². The Morgan fingerprint density at radius 1 is 1.15 bits per heavy atom. The molecule has 1 aliphatic heterocycles. The number of hydrogen-bond acceptors (Lipinski definition) is 4. The molecular formula is C26H27ClN2O3S. The number of carbonyl (C=O) groups is 2. The molecule has 1 atom stereocenters. The van der Waals surface area contributed by atoms with Gasteiger partial charge >= 0.3 is 0 Å². The minimum absolute atomic E-state index is 0.0118. The van der Waals surface area contributed by atoms with Gasteiger partial charge in [0.1, 0.15) is 6.54 Å².